The molecule has 1 aliphatic carbocycles. The number of aryl methyl sites for hydroxylation is 1. The second kappa shape index (κ2) is 5.95. The molecule has 0 saturated carbocycles. The second-order valence-electron chi connectivity index (χ2n) is 5.94. The molecule has 0 bridgehead atoms. The van der Waals surface area contributed by atoms with Crippen molar-refractivity contribution in [2.24, 2.45) is 0 Å². The number of rotatable bonds is 3. The van der Waals surface area contributed by atoms with Crippen molar-refractivity contribution in [2.75, 3.05) is 13.2 Å². The highest BCUT2D eigenvalue weighted by Crippen LogP contribution is 2.30. The number of hydrogen-bond acceptors (Lipinski definition) is 4. The Labute approximate surface area is 134 Å². The van der Waals surface area contributed by atoms with E-state index >= 15 is 0 Å². The molecule has 120 valence electrons. The van der Waals surface area contributed by atoms with Crippen LogP contribution < -0.4 is 14.8 Å². The highest BCUT2D eigenvalue weighted by atomic mass is 16.6. The Kier molecular flexibility index (Phi) is 3.65. The first-order valence-corrected chi connectivity index (χ1v) is 8.04. The van der Waals surface area contributed by atoms with E-state index in [9.17, 15) is 4.79 Å². The molecule has 0 spiro atoms. The third kappa shape index (κ3) is 2.76. The summed E-state index contributed by atoms with van der Waals surface area (Å²) in [6.07, 6.45) is 3.98. The number of H-pyrrole nitrogens is 1. The number of hydrogen-bond donors (Lipinski definition) is 2. The standard InChI is InChI=1S/C17H19N3O3/c21-17(16-12-5-1-2-6-13(12)19-20-16)18-9-11-10-22-14-7-3-4-8-15(14)23-11/h3-4,7-8,11H,1-2,5-6,9-10H2,(H,18,21)(H,19,20)/t11-/m1/s1. The molecule has 2 heterocycles. The lowest BCUT2D eigenvalue weighted by Crippen LogP contribution is -2.41. The molecule has 6 heteroatoms. The van der Waals surface area contributed by atoms with Crippen molar-refractivity contribution in [3.05, 3.63) is 41.2 Å². The predicted molar refractivity (Wildman–Crippen MR) is 83.9 cm³/mol. The Morgan fingerprint density at radius 1 is 1.26 bits per heavy atom. The van der Waals surface area contributed by atoms with Gasteiger partial charge in [-0.1, -0.05) is 12.1 Å². The number of nitrogens with one attached hydrogen (secondary N) is 2. The zero-order valence-electron chi connectivity index (χ0n) is 12.8. The summed E-state index contributed by atoms with van der Waals surface area (Å²) in [6.45, 7) is 0.824. The summed E-state index contributed by atoms with van der Waals surface area (Å²) < 4.78 is 11.5. The lowest BCUT2D eigenvalue weighted by molar-refractivity contribution is 0.0786. The van der Waals surface area contributed by atoms with Crippen molar-refractivity contribution >= 4 is 5.91 Å². The molecule has 1 aromatic carbocycles. The van der Waals surface area contributed by atoms with E-state index in [0.717, 1.165) is 48.4 Å². The number of carbonyl (C=O) groups is 1. The molecule has 1 amide bonds. The van der Waals surface area contributed by atoms with Crippen LogP contribution >= 0.6 is 0 Å². The molecule has 0 fully saturated rings. The van der Waals surface area contributed by atoms with Crippen LogP contribution in [0, 0.1) is 0 Å². The number of ether oxygens (including phenoxy) is 2. The molecule has 1 aromatic heterocycles. The lowest BCUT2D eigenvalue weighted by atomic mass is 9.96. The van der Waals surface area contributed by atoms with Gasteiger partial charge in [-0.25, -0.2) is 0 Å². The van der Waals surface area contributed by atoms with E-state index in [-0.39, 0.29) is 12.0 Å². The molecule has 2 aliphatic rings. The minimum atomic E-state index is -0.191. The molecular formula is C17H19N3O3. The highest BCUT2D eigenvalue weighted by molar-refractivity contribution is 5.94. The van der Waals surface area contributed by atoms with E-state index in [4.69, 9.17) is 9.47 Å². The van der Waals surface area contributed by atoms with E-state index in [1.165, 1.54) is 0 Å². The largest absolute Gasteiger partial charge is 0.486 e. The van der Waals surface area contributed by atoms with Crippen molar-refractivity contribution in [3.8, 4) is 11.5 Å². The van der Waals surface area contributed by atoms with Gasteiger partial charge in [0.05, 0.1) is 6.54 Å². The highest BCUT2D eigenvalue weighted by Gasteiger charge is 2.24. The van der Waals surface area contributed by atoms with Crippen molar-refractivity contribution < 1.29 is 14.3 Å². The van der Waals surface area contributed by atoms with Gasteiger partial charge >= 0.3 is 0 Å². The summed E-state index contributed by atoms with van der Waals surface area (Å²) in [7, 11) is 0. The predicted octanol–water partition coefficient (Wildman–Crippen LogP) is 1.86. The number of para-hydroxylation sites is 2. The van der Waals surface area contributed by atoms with Crippen LogP contribution in [0.4, 0.5) is 0 Å². The molecule has 2 N–H and O–H groups in total. The zero-order chi connectivity index (χ0) is 15.6. The van der Waals surface area contributed by atoms with Gasteiger partial charge < -0.3 is 14.8 Å². The Bertz CT molecular complexity index is 726. The average Bonchev–Trinajstić information content (AvgIpc) is 3.03. The topological polar surface area (TPSA) is 76.2 Å². The van der Waals surface area contributed by atoms with Crippen LogP contribution in [0.25, 0.3) is 0 Å². The molecule has 1 atom stereocenters. The third-order valence-corrected chi connectivity index (χ3v) is 4.33. The number of benzene rings is 1. The maximum Gasteiger partial charge on any atom is 0.272 e. The molecule has 6 nitrogen and oxygen atoms in total. The lowest BCUT2D eigenvalue weighted by Gasteiger charge is -2.26. The SMILES string of the molecule is O=C(NC[C@@H]1COc2ccccc2O1)c1n[nH]c2c1CCCC2. The van der Waals surface area contributed by atoms with Crippen LogP contribution in [0.1, 0.15) is 34.6 Å². The summed E-state index contributed by atoms with van der Waals surface area (Å²) in [4.78, 5) is 12.4. The van der Waals surface area contributed by atoms with Crippen LogP contribution in [0.3, 0.4) is 0 Å². The van der Waals surface area contributed by atoms with Crippen LogP contribution in [0.5, 0.6) is 11.5 Å². The van der Waals surface area contributed by atoms with Crippen LogP contribution in [-0.2, 0) is 12.8 Å². The first-order valence-electron chi connectivity index (χ1n) is 8.04. The molecular weight excluding hydrogens is 294 g/mol. The smallest absolute Gasteiger partial charge is 0.272 e. The fourth-order valence-electron chi connectivity index (χ4n) is 3.12. The first kappa shape index (κ1) is 14.1. The van der Waals surface area contributed by atoms with Gasteiger partial charge in [-0.05, 0) is 37.8 Å². The Morgan fingerprint density at radius 3 is 3.00 bits per heavy atom. The van der Waals surface area contributed by atoms with Gasteiger partial charge in [0.1, 0.15) is 12.7 Å². The van der Waals surface area contributed by atoms with Crippen molar-refractivity contribution in [1.29, 1.82) is 0 Å². The number of amides is 1. The van der Waals surface area contributed by atoms with Crippen molar-refractivity contribution in [3.63, 3.8) is 0 Å². The van der Waals surface area contributed by atoms with E-state index in [1.807, 2.05) is 24.3 Å². The zero-order valence-corrected chi connectivity index (χ0v) is 12.8. The van der Waals surface area contributed by atoms with Gasteiger partial charge in [-0.2, -0.15) is 5.10 Å². The summed E-state index contributed by atoms with van der Waals surface area (Å²) in [5.74, 6) is 1.32. The molecule has 4 rings (SSSR count). The second-order valence-corrected chi connectivity index (χ2v) is 5.94. The van der Waals surface area contributed by atoms with Crippen molar-refractivity contribution in [1.82, 2.24) is 15.5 Å². The fraction of sp³-hybridized carbons (Fsp3) is 0.412. The minimum Gasteiger partial charge on any atom is -0.486 e. The molecule has 23 heavy (non-hydrogen) atoms. The number of fused-ring (bicyclic) bond motifs is 2. The summed E-state index contributed by atoms with van der Waals surface area (Å²) >= 11 is 0. The number of aromatic amines is 1. The first-order chi connectivity index (χ1) is 11.3. The minimum absolute atomic E-state index is 0.146. The molecule has 0 saturated heterocycles. The third-order valence-electron chi connectivity index (χ3n) is 4.33. The maximum atomic E-state index is 12.4. The van der Waals surface area contributed by atoms with Gasteiger partial charge in [0.15, 0.2) is 17.2 Å². The van der Waals surface area contributed by atoms with Gasteiger partial charge in [-0.3, -0.25) is 9.89 Å². The van der Waals surface area contributed by atoms with Gasteiger partial charge in [0, 0.05) is 11.3 Å². The van der Waals surface area contributed by atoms with Crippen molar-refractivity contribution in [2.45, 2.75) is 31.8 Å². The average molecular weight is 313 g/mol. The quantitative estimate of drug-likeness (QED) is 0.907. The Morgan fingerprint density at radius 2 is 2.09 bits per heavy atom. The summed E-state index contributed by atoms with van der Waals surface area (Å²) in [5.41, 5.74) is 2.70. The van der Waals surface area contributed by atoms with Crippen LogP contribution in [-0.4, -0.2) is 35.4 Å². The van der Waals surface area contributed by atoms with Crippen LogP contribution in [0.15, 0.2) is 24.3 Å². The number of nitrogens with zero attached hydrogens (tertiary/aromatic N) is 1. The summed E-state index contributed by atoms with van der Waals surface area (Å²) in [6, 6.07) is 7.55. The van der Waals surface area contributed by atoms with E-state index in [1.54, 1.807) is 0 Å². The van der Waals surface area contributed by atoms with Gasteiger partial charge in [0.25, 0.3) is 5.91 Å². The van der Waals surface area contributed by atoms with Crippen LogP contribution in [0.2, 0.25) is 0 Å². The van der Waals surface area contributed by atoms with E-state index in [2.05, 4.69) is 15.5 Å². The Balaban J connectivity index is 1.38. The van der Waals surface area contributed by atoms with Gasteiger partial charge in [-0.15, -0.1) is 0 Å². The molecule has 1 aliphatic heterocycles. The number of aromatic nitrogens is 2. The van der Waals surface area contributed by atoms with E-state index in [0.29, 0.717) is 18.8 Å². The van der Waals surface area contributed by atoms with Gasteiger partial charge in [0.2, 0.25) is 0 Å². The summed E-state index contributed by atoms with van der Waals surface area (Å²) in [5, 5.41) is 10.1. The van der Waals surface area contributed by atoms with E-state index < -0.39 is 0 Å². The monoisotopic (exact) mass is 313 g/mol. The maximum absolute atomic E-state index is 12.4. The fourth-order valence-corrected chi connectivity index (χ4v) is 3.12. The Hall–Kier alpha value is -2.50. The normalized spacial score (nSPS) is 19.0. The number of carbonyl (C=O) groups excluding carboxylic acids is 1. The molecule has 0 unspecified atom stereocenters. The molecule has 2 aromatic rings. The molecule has 0 radical (unpaired) electrons.